The monoisotopic (exact) mass is 218 g/mol. The van der Waals surface area contributed by atoms with E-state index >= 15 is 0 Å². The second-order valence-corrected chi connectivity index (χ2v) is 4.00. The van der Waals surface area contributed by atoms with Crippen molar-refractivity contribution in [1.29, 1.82) is 0 Å². The third kappa shape index (κ3) is 2.42. The summed E-state index contributed by atoms with van der Waals surface area (Å²) in [6.07, 6.45) is 0.613. The summed E-state index contributed by atoms with van der Waals surface area (Å²) < 4.78 is 0. The van der Waals surface area contributed by atoms with Crippen molar-refractivity contribution in [3.05, 3.63) is 34.9 Å². The van der Waals surface area contributed by atoms with Crippen LogP contribution in [0.4, 0.5) is 0 Å². The number of hydrogen-bond acceptors (Lipinski definition) is 3. The number of carbonyl (C=O) groups is 3. The van der Waals surface area contributed by atoms with Crippen molar-refractivity contribution >= 4 is 17.9 Å². The van der Waals surface area contributed by atoms with Crippen molar-refractivity contribution in [1.82, 2.24) is 0 Å². The number of benzene rings is 1. The van der Waals surface area contributed by atoms with Crippen LogP contribution in [0.25, 0.3) is 0 Å². The molecule has 0 radical (unpaired) electrons. The average Bonchev–Trinajstić information content (AvgIpc) is 2.26. The first kappa shape index (κ1) is 12.3. The summed E-state index contributed by atoms with van der Waals surface area (Å²) in [5, 5.41) is 0. The molecule has 0 spiro atoms. The minimum atomic E-state index is -0.165. The first-order valence-corrected chi connectivity index (χ1v) is 5.11. The number of rotatable bonds is 4. The van der Waals surface area contributed by atoms with Crippen LogP contribution in [-0.2, 0) is 0 Å². The van der Waals surface area contributed by atoms with E-state index in [2.05, 4.69) is 0 Å². The van der Waals surface area contributed by atoms with Crippen molar-refractivity contribution in [2.45, 2.75) is 20.8 Å². The van der Waals surface area contributed by atoms with Gasteiger partial charge in [0.15, 0.2) is 17.9 Å². The zero-order valence-corrected chi connectivity index (χ0v) is 9.61. The SMILES string of the molecule is CC(=O)c1ccc(C(=O)C(C)C)c(C=O)c1. The van der Waals surface area contributed by atoms with Crippen LogP contribution in [-0.4, -0.2) is 17.9 Å². The minimum Gasteiger partial charge on any atom is -0.298 e. The molecule has 1 aromatic carbocycles. The summed E-state index contributed by atoms with van der Waals surface area (Å²) in [6, 6.07) is 4.58. The van der Waals surface area contributed by atoms with Gasteiger partial charge < -0.3 is 0 Å². The molecule has 0 saturated carbocycles. The quantitative estimate of drug-likeness (QED) is 0.576. The van der Waals surface area contributed by atoms with E-state index in [1.165, 1.54) is 13.0 Å². The Morgan fingerprint density at radius 2 is 1.88 bits per heavy atom. The van der Waals surface area contributed by atoms with Gasteiger partial charge in [-0.15, -0.1) is 0 Å². The number of carbonyl (C=O) groups excluding carboxylic acids is 3. The van der Waals surface area contributed by atoms with Gasteiger partial charge in [-0.25, -0.2) is 0 Å². The van der Waals surface area contributed by atoms with Gasteiger partial charge in [0.25, 0.3) is 0 Å². The Morgan fingerprint density at radius 1 is 1.25 bits per heavy atom. The van der Waals surface area contributed by atoms with E-state index in [-0.39, 0.29) is 23.0 Å². The van der Waals surface area contributed by atoms with E-state index < -0.39 is 0 Å². The van der Waals surface area contributed by atoms with E-state index in [0.29, 0.717) is 17.4 Å². The molecule has 1 rings (SSSR count). The van der Waals surface area contributed by atoms with Crippen molar-refractivity contribution in [2.75, 3.05) is 0 Å². The highest BCUT2D eigenvalue weighted by molar-refractivity contribution is 6.05. The van der Waals surface area contributed by atoms with Crippen molar-refractivity contribution in [2.24, 2.45) is 5.92 Å². The highest BCUT2D eigenvalue weighted by Gasteiger charge is 2.15. The second-order valence-electron chi connectivity index (χ2n) is 4.00. The fourth-order valence-corrected chi connectivity index (χ4v) is 1.41. The van der Waals surface area contributed by atoms with Gasteiger partial charge in [0, 0.05) is 22.6 Å². The van der Waals surface area contributed by atoms with E-state index in [4.69, 9.17) is 0 Å². The largest absolute Gasteiger partial charge is 0.298 e. The Bertz CT molecular complexity index is 444. The summed E-state index contributed by atoms with van der Waals surface area (Å²) in [5.74, 6) is -0.370. The Morgan fingerprint density at radius 3 is 2.31 bits per heavy atom. The molecule has 16 heavy (non-hydrogen) atoms. The lowest BCUT2D eigenvalue weighted by Crippen LogP contribution is -2.11. The highest BCUT2D eigenvalue weighted by Crippen LogP contribution is 2.15. The van der Waals surface area contributed by atoms with Crippen LogP contribution in [0, 0.1) is 5.92 Å². The molecular formula is C13H14O3. The molecule has 0 aromatic heterocycles. The van der Waals surface area contributed by atoms with Crippen LogP contribution in [0.3, 0.4) is 0 Å². The summed E-state index contributed by atoms with van der Waals surface area (Å²) in [4.78, 5) is 33.8. The summed E-state index contributed by atoms with van der Waals surface area (Å²) in [6.45, 7) is 4.97. The second kappa shape index (κ2) is 4.84. The van der Waals surface area contributed by atoms with Crippen LogP contribution >= 0.6 is 0 Å². The molecular weight excluding hydrogens is 204 g/mol. The Hall–Kier alpha value is -1.77. The molecule has 0 aliphatic rings. The molecule has 3 nitrogen and oxygen atoms in total. The van der Waals surface area contributed by atoms with Gasteiger partial charge in [0.2, 0.25) is 0 Å². The molecule has 84 valence electrons. The first-order valence-electron chi connectivity index (χ1n) is 5.11. The summed E-state index contributed by atoms with van der Waals surface area (Å²) in [5.41, 5.74) is 1.11. The molecule has 1 aromatic rings. The molecule has 0 saturated heterocycles. The van der Waals surface area contributed by atoms with Gasteiger partial charge in [-0.1, -0.05) is 19.9 Å². The number of aldehydes is 1. The molecule has 0 unspecified atom stereocenters. The van der Waals surface area contributed by atoms with Crippen LogP contribution < -0.4 is 0 Å². The predicted octanol–water partition coefficient (Wildman–Crippen LogP) is 2.54. The van der Waals surface area contributed by atoms with E-state index in [1.54, 1.807) is 26.0 Å². The molecule has 0 atom stereocenters. The molecule has 0 fully saturated rings. The maximum Gasteiger partial charge on any atom is 0.166 e. The van der Waals surface area contributed by atoms with E-state index in [1.807, 2.05) is 0 Å². The normalized spacial score (nSPS) is 10.2. The third-order valence-corrected chi connectivity index (χ3v) is 2.37. The fourth-order valence-electron chi connectivity index (χ4n) is 1.41. The van der Waals surface area contributed by atoms with Gasteiger partial charge >= 0.3 is 0 Å². The highest BCUT2D eigenvalue weighted by atomic mass is 16.1. The molecule has 0 amide bonds. The predicted molar refractivity (Wildman–Crippen MR) is 61.0 cm³/mol. The molecule has 0 aliphatic heterocycles. The van der Waals surface area contributed by atoms with Crippen LogP contribution in [0.5, 0.6) is 0 Å². The van der Waals surface area contributed by atoms with Crippen molar-refractivity contribution in [3.63, 3.8) is 0 Å². The van der Waals surface area contributed by atoms with Gasteiger partial charge in [0.1, 0.15) is 0 Å². The Labute approximate surface area is 94.5 Å². The molecule has 0 bridgehead atoms. The molecule has 0 N–H and O–H groups in total. The van der Waals surface area contributed by atoms with E-state index in [0.717, 1.165) is 0 Å². The molecule has 0 heterocycles. The zero-order valence-electron chi connectivity index (χ0n) is 9.61. The number of hydrogen-bond donors (Lipinski definition) is 0. The standard InChI is InChI=1S/C13H14O3/c1-8(2)13(16)12-5-4-10(9(3)15)6-11(12)7-14/h4-8H,1-3H3. The topological polar surface area (TPSA) is 51.2 Å². The Kier molecular flexibility index (Phi) is 3.72. The Balaban J connectivity index is 3.27. The maximum absolute atomic E-state index is 11.8. The maximum atomic E-state index is 11.8. The van der Waals surface area contributed by atoms with Crippen molar-refractivity contribution < 1.29 is 14.4 Å². The lowest BCUT2D eigenvalue weighted by atomic mass is 9.95. The van der Waals surface area contributed by atoms with Crippen molar-refractivity contribution in [3.8, 4) is 0 Å². The third-order valence-electron chi connectivity index (χ3n) is 2.37. The number of ketones is 2. The van der Waals surface area contributed by atoms with Gasteiger partial charge in [0.05, 0.1) is 0 Å². The molecule has 0 aliphatic carbocycles. The van der Waals surface area contributed by atoms with Crippen LogP contribution in [0.15, 0.2) is 18.2 Å². The van der Waals surface area contributed by atoms with Gasteiger partial charge in [-0.05, 0) is 19.1 Å². The number of Topliss-reactive ketones (excluding diaryl/α,β-unsaturated/α-hetero) is 2. The minimum absolute atomic E-state index is 0.0859. The summed E-state index contributed by atoms with van der Waals surface area (Å²) in [7, 11) is 0. The van der Waals surface area contributed by atoms with E-state index in [9.17, 15) is 14.4 Å². The van der Waals surface area contributed by atoms with Gasteiger partial charge in [-0.3, -0.25) is 14.4 Å². The molecule has 3 heteroatoms. The van der Waals surface area contributed by atoms with Crippen LogP contribution in [0.1, 0.15) is 51.8 Å². The summed E-state index contributed by atoms with van der Waals surface area (Å²) >= 11 is 0. The fraction of sp³-hybridized carbons (Fsp3) is 0.308. The zero-order chi connectivity index (χ0) is 12.3. The smallest absolute Gasteiger partial charge is 0.166 e. The van der Waals surface area contributed by atoms with Crippen LogP contribution in [0.2, 0.25) is 0 Å². The lowest BCUT2D eigenvalue weighted by Gasteiger charge is -2.07. The average molecular weight is 218 g/mol. The van der Waals surface area contributed by atoms with Gasteiger partial charge in [-0.2, -0.15) is 0 Å². The lowest BCUT2D eigenvalue weighted by molar-refractivity contribution is 0.0933. The first-order chi connectivity index (χ1) is 7.47.